The van der Waals surface area contributed by atoms with Crippen molar-refractivity contribution < 1.29 is 14.7 Å². The fourth-order valence-electron chi connectivity index (χ4n) is 3.77. The molecule has 2 N–H and O–H groups in total. The maximum Gasteiger partial charge on any atom is 0.314 e. The van der Waals surface area contributed by atoms with Crippen LogP contribution in [0.2, 0.25) is 10.0 Å². The monoisotopic (exact) mass is 503 g/mol. The zero-order chi connectivity index (χ0) is 23.2. The molecule has 8 nitrogen and oxygen atoms in total. The lowest BCUT2D eigenvalue weighted by molar-refractivity contribution is -0.140. The molecule has 2 aliphatic carbocycles. The van der Waals surface area contributed by atoms with Crippen LogP contribution in [0.3, 0.4) is 0 Å². The van der Waals surface area contributed by atoms with Crippen molar-refractivity contribution >= 4 is 52.5 Å². The Balaban J connectivity index is 1.24. The van der Waals surface area contributed by atoms with E-state index in [0.717, 1.165) is 0 Å². The predicted molar refractivity (Wildman–Crippen MR) is 125 cm³/mol. The second-order valence-corrected chi connectivity index (χ2v) is 10.0. The minimum atomic E-state index is -0.855. The zero-order valence-corrected chi connectivity index (χ0v) is 19.6. The molecule has 1 aromatic heterocycles. The molecule has 0 spiro atoms. The van der Waals surface area contributed by atoms with E-state index in [1.54, 1.807) is 18.2 Å². The van der Waals surface area contributed by atoms with Gasteiger partial charge in [0.1, 0.15) is 0 Å². The van der Waals surface area contributed by atoms with Crippen molar-refractivity contribution in [1.82, 2.24) is 20.2 Å². The highest BCUT2D eigenvalue weighted by molar-refractivity contribution is 7.99. The van der Waals surface area contributed by atoms with Crippen LogP contribution in [0.25, 0.3) is 5.69 Å². The average Bonchev–Trinajstić information content (AvgIpc) is 3.71. The lowest BCUT2D eigenvalue weighted by Gasteiger charge is -2.13. The molecule has 0 unspecified atom stereocenters. The van der Waals surface area contributed by atoms with E-state index in [0.29, 0.717) is 50.9 Å². The van der Waals surface area contributed by atoms with Crippen molar-refractivity contribution in [2.75, 3.05) is 11.1 Å². The van der Waals surface area contributed by atoms with Gasteiger partial charge in [0.15, 0.2) is 0 Å². The smallest absolute Gasteiger partial charge is 0.314 e. The van der Waals surface area contributed by atoms with E-state index in [9.17, 15) is 14.7 Å². The SMILES string of the molecule is O=C(CSc1nnnn1-c1ccc(C2CC2)cc1Cl)Nc1ccc(C2(C(=O)O)CC2)cc1Cl. The topological polar surface area (TPSA) is 110 Å². The number of nitrogens with one attached hydrogen (secondary N) is 1. The molecule has 0 radical (unpaired) electrons. The van der Waals surface area contributed by atoms with E-state index < -0.39 is 11.4 Å². The van der Waals surface area contributed by atoms with Crippen LogP contribution < -0.4 is 5.32 Å². The number of tetrazole rings is 1. The van der Waals surface area contributed by atoms with Gasteiger partial charge in [0, 0.05) is 0 Å². The van der Waals surface area contributed by atoms with Gasteiger partial charge < -0.3 is 10.4 Å². The molecule has 2 saturated carbocycles. The number of carbonyl (C=O) groups is 2. The van der Waals surface area contributed by atoms with Crippen LogP contribution in [0, 0.1) is 0 Å². The largest absolute Gasteiger partial charge is 0.481 e. The number of carboxylic acid groups (broad SMARTS) is 1. The number of carboxylic acids is 1. The summed E-state index contributed by atoms with van der Waals surface area (Å²) in [6.07, 6.45) is 3.54. The highest BCUT2D eigenvalue weighted by Gasteiger charge is 2.51. The second-order valence-electron chi connectivity index (χ2n) is 8.28. The summed E-state index contributed by atoms with van der Waals surface area (Å²) in [5, 5.41) is 25.2. The Morgan fingerprint density at radius 1 is 1.15 bits per heavy atom. The number of benzene rings is 2. The van der Waals surface area contributed by atoms with Crippen LogP contribution in [0.4, 0.5) is 5.69 Å². The Kier molecular flexibility index (Phi) is 5.80. The molecule has 11 heteroatoms. The lowest BCUT2D eigenvalue weighted by Crippen LogP contribution is -2.20. The Morgan fingerprint density at radius 2 is 1.94 bits per heavy atom. The molecule has 170 valence electrons. The van der Waals surface area contributed by atoms with E-state index in [4.69, 9.17) is 23.2 Å². The molecule has 1 amide bonds. The van der Waals surface area contributed by atoms with Crippen LogP contribution in [0.15, 0.2) is 41.6 Å². The number of thioether (sulfide) groups is 1. The summed E-state index contributed by atoms with van der Waals surface area (Å²) < 4.78 is 1.51. The zero-order valence-electron chi connectivity index (χ0n) is 17.3. The van der Waals surface area contributed by atoms with E-state index in [1.807, 2.05) is 18.2 Å². The van der Waals surface area contributed by atoms with E-state index in [2.05, 4.69) is 20.8 Å². The number of carbonyl (C=O) groups excluding carboxylic acids is 1. The van der Waals surface area contributed by atoms with Gasteiger partial charge in [-0.1, -0.05) is 47.1 Å². The average molecular weight is 504 g/mol. The first-order valence-corrected chi connectivity index (χ1v) is 12.2. The summed E-state index contributed by atoms with van der Waals surface area (Å²) in [6.45, 7) is 0. The molecule has 2 fully saturated rings. The quantitative estimate of drug-likeness (QED) is 0.428. The van der Waals surface area contributed by atoms with Gasteiger partial charge in [-0.15, -0.1) is 5.10 Å². The van der Waals surface area contributed by atoms with Gasteiger partial charge in [-0.05, 0) is 77.4 Å². The summed E-state index contributed by atoms with van der Waals surface area (Å²) in [5.41, 5.74) is 2.09. The Labute approximate surface area is 203 Å². The van der Waals surface area contributed by atoms with Crippen molar-refractivity contribution in [3.63, 3.8) is 0 Å². The highest BCUT2D eigenvalue weighted by atomic mass is 35.5. The molecular weight excluding hydrogens is 485 g/mol. The Bertz CT molecular complexity index is 1260. The van der Waals surface area contributed by atoms with Crippen molar-refractivity contribution in [2.45, 2.75) is 42.2 Å². The highest BCUT2D eigenvalue weighted by Crippen LogP contribution is 2.49. The molecular formula is C22H19Cl2N5O3S. The second kappa shape index (κ2) is 8.62. The molecule has 0 saturated heterocycles. The standard InChI is InChI=1S/C22H19Cl2N5O3S/c23-15-10-14(22(7-8-22)20(31)32)4-5-17(15)25-19(30)11-33-21-26-27-28-29(21)18-6-3-13(9-16(18)24)12-1-2-12/h3-6,9-10,12H,1-2,7-8,11H2,(H,25,30)(H,31,32). The number of hydrogen-bond donors (Lipinski definition) is 2. The number of anilines is 1. The maximum atomic E-state index is 12.5. The van der Waals surface area contributed by atoms with E-state index >= 15 is 0 Å². The summed E-state index contributed by atoms with van der Waals surface area (Å²) in [5.74, 6) is -0.511. The van der Waals surface area contributed by atoms with Gasteiger partial charge in [-0.2, -0.15) is 4.68 Å². The van der Waals surface area contributed by atoms with Crippen LogP contribution in [0.1, 0.15) is 42.7 Å². The summed E-state index contributed by atoms with van der Waals surface area (Å²) in [6, 6.07) is 10.8. The summed E-state index contributed by atoms with van der Waals surface area (Å²) >= 11 is 13.9. The van der Waals surface area contributed by atoms with Crippen molar-refractivity contribution in [3.8, 4) is 5.69 Å². The van der Waals surface area contributed by atoms with Crippen LogP contribution >= 0.6 is 35.0 Å². The van der Waals surface area contributed by atoms with Crippen molar-refractivity contribution in [2.24, 2.45) is 0 Å². The number of aliphatic carboxylic acids is 1. The van der Waals surface area contributed by atoms with Gasteiger partial charge in [-0.25, -0.2) is 0 Å². The molecule has 1 heterocycles. The van der Waals surface area contributed by atoms with Crippen molar-refractivity contribution in [3.05, 3.63) is 57.6 Å². The number of amides is 1. The maximum absolute atomic E-state index is 12.5. The molecule has 2 aromatic carbocycles. The first kappa shape index (κ1) is 22.2. The number of nitrogens with zero attached hydrogens (tertiary/aromatic N) is 4. The van der Waals surface area contributed by atoms with Gasteiger partial charge in [0.2, 0.25) is 11.1 Å². The van der Waals surface area contributed by atoms with E-state index in [1.165, 1.54) is 34.8 Å². The first-order chi connectivity index (χ1) is 15.9. The number of aromatic nitrogens is 4. The molecule has 0 bridgehead atoms. The third kappa shape index (κ3) is 4.45. The van der Waals surface area contributed by atoms with Gasteiger partial charge in [0.25, 0.3) is 0 Å². The molecule has 0 aliphatic heterocycles. The van der Waals surface area contributed by atoms with Crippen LogP contribution in [-0.4, -0.2) is 42.9 Å². The van der Waals surface area contributed by atoms with Gasteiger partial charge in [-0.3, -0.25) is 9.59 Å². The number of rotatable bonds is 8. The molecule has 33 heavy (non-hydrogen) atoms. The molecule has 2 aliphatic rings. The Hall–Kier alpha value is -2.62. The number of halogens is 2. The van der Waals surface area contributed by atoms with Crippen LogP contribution in [0.5, 0.6) is 0 Å². The van der Waals surface area contributed by atoms with Crippen molar-refractivity contribution in [1.29, 1.82) is 0 Å². The minimum absolute atomic E-state index is 0.0509. The molecule has 3 aromatic rings. The Morgan fingerprint density at radius 3 is 2.58 bits per heavy atom. The fraction of sp³-hybridized carbons (Fsp3) is 0.318. The fourth-order valence-corrected chi connectivity index (χ4v) is 4.95. The first-order valence-electron chi connectivity index (χ1n) is 10.4. The molecule has 0 atom stereocenters. The van der Waals surface area contributed by atoms with Gasteiger partial charge in [0.05, 0.1) is 32.6 Å². The predicted octanol–water partition coefficient (Wildman–Crippen LogP) is 4.69. The third-order valence-electron chi connectivity index (χ3n) is 5.98. The normalized spacial score (nSPS) is 16.4. The summed E-state index contributed by atoms with van der Waals surface area (Å²) in [4.78, 5) is 24.0. The van der Waals surface area contributed by atoms with Gasteiger partial charge >= 0.3 is 5.97 Å². The van der Waals surface area contributed by atoms with Crippen LogP contribution in [-0.2, 0) is 15.0 Å². The number of hydrogen-bond acceptors (Lipinski definition) is 6. The summed E-state index contributed by atoms with van der Waals surface area (Å²) in [7, 11) is 0. The van der Waals surface area contributed by atoms with E-state index in [-0.39, 0.29) is 11.7 Å². The molecule has 5 rings (SSSR count). The minimum Gasteiger partial charge on any atom is -0.481 e. The lowest BCUT2D eigenvalue weighted by atomic mass is 9.96. The third-order valence-corrected chi connectivity index (χ3v) is 7.51.